The first-order valence-electron chi connectivity index (χ1n) is 9.59. The zero-order chi connectivity index (χ0) is 20.8. The maximum atomic E-state index is 6.22. The second-order valence-corrected chi connectivity index (χ2v) is 8.12. The van der Waals surface area contributed by atoms with Crippen molar-refractivity contribution >= 4 is 44.5 Å². The third-order valence-corrected chi connectivity index (χ3v) is 5.65. The van der Waals surface area contributed by atoms with Gasteiger partial charge in [0.25, 0.3) is 0 Å². The van der Waals surface area contributed by atoms with Gasteiger partial charge < -0.3 is 10.2 Å². The Morgan fingerprint density at radius 1 is 0.900 bits per heavy atom. The van der Waals surface area contributed by atoms with Crippen molar-refractivity contribution < 1.29 is 4.74 Å². The maximum Gasteiger partial charge on any atom is 0.129 e. The average Bonchev–Trinajstić information content (AvgIpc) is 2.78. The van der Waals surface area contributed by atoms with Gasteiger partial charge in [0.2, 0.25) is 0 Å². The van der Waals surface area contributed by atoms with Crippen LogP contribution in [-0.2, 0) is 13.2 Å². The third-order valence-electron chi connectivity index (χ3n) is 4.75. The number of nitrogens with one attached hydrogen (secondary N) is 1. The molecular formula is C25H20BrClN2O. The summed E-state index contributed by atoms with van der Waals surface area (Å²) in [6.45, 7) is 1.04. The van der Waals surface area contributed by atoms with Crippen molar-refractivity contribution in [2.75, 3.05) is 0 Å². The molecule has 0 bridgehead atoms. The lowest BCUT2D eigenvalue weighted by atomic mass is 10.0. The molecule has 0 aliphatic heterocycles. The highest BCUT2D eigenvalue weighted by atomic mass is 79.9. The number of halogens is 2. The number of nitrogens with zero attached hydrogens (tertiary/aromatic N) is 1. The normalized spacial score (nSPS) is 11.1. The molecule has 4 aromatic rings. The molecule has 0 unspecified atom stereocenters. The molecule has 0 heterocycles. The van der Waals surface area contributed by atoms with E-state index in [1.807, 2.05) is 72.9 Å². The molecule has 0 aromatic heterocycles. The standard InChI is InChI=1S/C25H20BrClN2O/c26-21-12-9-18(10-13-21)17-30-25-14-11-19-5-1-3-7-22(19)23(25)16-29-28-15-20-6-2-4-8-24(20)27/h1-14,16,28H,15,17H2/b29-16-. The first-order valence-corrected chi connectivity index (χ1v) is 10.8. The summed E-state index contributed by atoms with van der Waals surface area (Å²) in [5.41, 5.74) is 6.13. The number of ether oxygens (including phenoxy) is 1. The number of rotatable bonds is 7. The van der Waals surface area contributed by atoms with E-state index < -0.39 is 0 Å². The SMILES string of the molecule is Clc1ccccc1CN/N=C\c1c(OCc2ccc(Br)cc2)ccc2ccccc12. The van der Waals surface area contributed by atoms with Crippen molar-refractivity contribution in [3.05, 3.63) is 111 Å². The number of hydrogen-bond donors (Lipinski definition) is 1. The van der Waals surface area contributed by atoms with E-state index in [4.69, 9.17) is 16.3 Å². The maximum absolute atomic E-state index is 6.22. The Kier molecular flexibility index (Phi) is 6.67. The van der Waals surface area contributed by atoms with Gasteiger partial charge in [-0.3, -0.25) is 0 Å². The van der Waals surface area contributed by atoms with Crippen LogP contribution in [0.1, 0.15) is 16.7 Å². The smallest absolute Gasteiger partial charge is 0.129 e. The summed E-state index contributed by atoms with van der Waals surface area (Å²) in [6, 6.07) is 28.1. The minimum Gasteiger partial charge on any atom is -0.488 e. The van der Waals surface area contributed by atoms with Crippen LogP contribution in [0.3, 0.4) is 0 Å². The fourth-order valence-electron chi connectivity index (χ4n) is 3.16. The minimum atomic E-state index is 0.486. The minimum absolute atomic E-state index is 0.486. The predicted octanol–water partition coefficient (Wildman–Crippen LogP) is 6.96. The van der Waals surface area contributed by atoms with E-state index in [1.165, 1.54) is 0 Å². The Bertz CT molecular complexity index is 1180. The Labute approximate surface area is 189 Å². The van der Waals surface area contributed by atoms with Gasteiger partial charge >= 0.3 is 0 Å². The topological polar surface area (TPSA) is 33.6 Å². The Morgan fingerprint density at radius 2 is 1.67 bits per heavy atom. The Balaban J connectivity index is 1.55. The van der Waals surface area contributed by atoms with Gasteiger partial charge in [-0.2, -0.15) is 5.10 Å². The lowest BCUT2D eigenvalue weighted by molar-refractivity contribution is 0.306. The summed E-state index contributed by atoms with van der Waals surface area (Å²) < 4.78 is 7.20. The molecule has 5 heteroatoms. The van der Waals surface area contributed by atoms with E-state index in [0.717, 1.165) is 42.7 Å². The van der Waals surface area contributed by atoms with E-state index in [2.05, 4.69) is 44.7 Å². The molecule has 4 aromatic carbocycles. The predicted molar refractivity (Wildman–Crippen MR) is 128 cm³/mol. The van der Waals surface area contributed by atoms with Crippen LogP contribution < -0.4 is 10.2 Å². The first kappa shape index (κ1) is 20.5. The van der Waals surface area contributed by atoms with Crippen molar-refractivity contribution in [3.8, 4) is 5.75 Å². The molecule has 0 spiro atoms. The van der Waals surface area contributed by atoms with E-state index >= 15 is 0 Å². The number of benzene rings is 4. The Morgan fingerprint density at radius 3 is 2.50 bits per heavy atom. The van der Waals surface area contributed by atoms with Crippen LogP contribution in [0.25, 0.3) is 10.8 Å². The van der Waals surface area contributed by atoms with Crippen LogP contribution in [0.15, 0.2) is 94.5 Å². The van der Waals surface area contributed by atoms with Gasteiger partial charge in [0.1, 0.15) is 12.4 Å². The molecule has 0 saturated heterocycles. The highest BCUT2D eigenvalue weighted by Crippen LogP contribution is 2.27. The summed E-state index contributed by atoms with van der Waals surface area (Å²) in [4.78, 5) is 0. The quantitative estimate of drug-likeness (QED) is 0.230. The molecule has 30 heavy (non-hydrogen) atoms. The first-order chi connectivity index (χ1) is 14.7. The average molecular weight is 480 g/mol. The molecule has 0 saturated carbocycles. The third kappa shape index (κ3) is 5.02. The van der Waals surface area contributed by atoms with Crippen molar-refractivity contribution in [1.82, 2.24) is 5.43 Å². The van der Waals surface area contributed by atoms with Gasteiger partial charge in [-0.1, -0.05) is 88.2 Å². The van der Waals surface area contributed by atoms with Crippen LogP contribution in [0, 0.1) is 0 Å². The van der Waals surface area contributed by atoms with Gasteiger partial charge in [0, 0.05) is 15.1 Å². The highest BCUT2D eigenvalue weighted by molar-refractivity contribution is 9.10. The van der Waals surface area contributed by atoms with E-state index in [9.17, 15) is 0 Å². The molecule has 0 fully saturated rings. The van der Waals surface area contributed by atoms with Crippen molar-refractivity contribution in [1.29, 1.82) is 0 Å². The largest absolute Gasteiger partial charge is 0.488 e. The summed E-state index contributed by atoms with van der Waals surface area (Å²) in [5.74, 6) is 0.792. The van der Waals surface area contributed by atoms with Crippen LogP contribution >= 0.6 is 27.5 Å². The molecule has 0 aliphatic carbocycles. The fraction of sp³-hybridized carbons (Fsp3) is 0.0800. The lowest BCUT2D eigenvalue weighted by Crippen LogP contribution is -2.07. The van der Waals surface area contributed by atoms with Gasteiger partial charge in [0.15, 0.2) is 0 Å². The molecule has 0 radical (unpaired) electrons. The second kappa shape index (κ2) is 9.79. The molecule has 4 rings (SSSR count). The molecule has 0 aliphatic rings. The van der Waals surface area contributed by atoms with E-state index in [-0.39, 0.29) is 0 Å². The van der Waals surface area contributed by atoms with Crippen molar-refractivity contribution in [2.45, 2.75) is 13.2 Å². The zero-order valence-corrected chi connectivity index (χ0v) is 18.5. The molecule has 0 atom stereocenters. The number of hydrazone groups is 1. The lowest BCUT2D eigenvalue weighted by Gasteiger charge is -2.12. The molecule has 1 N–H and O–H groups in total. The van der Waals surface area contributed by atoms with Gasteiger partial charge in [-0.15, -0.1) is 0 Å². The van der Waals surface area contributed by atoms with E-state index in [1.54, 1.807) is 0 Å². The Hall–Kier alpha value is -2.82. The number of hydrogen-bond acceptors (Lipinski definition) is 3. The van der Waals surface area contributed by atoms with Crippen LogP contribution in [0.5, 0.6) is 5.75 Å². The summed E-state index contributed by atoms with van der Waals surface area (Å²) in [7, 11) is 0. The monoisotopic (exact) mass is 478 g/mol. The zero-order valence-electron chi connectivity index (χ0n) is 16.2. The molecule has 0 amide bonds. The summed E-state index contributed by atoms with van der Waals surface area (Å²) >= 11 is 9.68. The van der Waals surface area contributed by atoms with Crippen LogP contribution in [-0.4, -0.2) is 6.21 Å². The van der Waals surface area contributed by atoms with Crippen molar-refractivity contribution in [3.63, 3.8) is 0 Å². The molecular weight excluding hydrogens is 460 g/mol. The second-order valence-electron chi connectivity index (χ2n) is 6.80. The molecule has 3 nitrogen and oxygen atoms in total. The van der Waals surface area contributed by atoms with Gasteiger partial charge in [-0.25, -0.2) is 0 Å². The number of fused-ring (bicyclic) bond motifs is 1. The molecule has 150 valence electrons. The van der Waals surface area contributed by atoms with E-state index in [0.29, 0.717) is 13.2 Å². The van der Waals surface area contributed by atoms with Gasteiger partial charge in [0.05, 0.1) is 12.8 Å². The van der Waals surface area contributed by atoms with Crippen LogP contribution in [0.4, 0.5) is 0 Å². The van der Waals surface area contributed by atoms with Crippen LogP contribution in [0.2, 0.25) is 5.02 Å². The fourth-order valence-corrected chi connectivity index (χ4v) is 3.63. The summed E-state index contributed by atoms with van der Waals surface area (Å²) in [6.07, 6.45) is 1.82. The van der Waals surface area contributed by atoms with Crippen molar-refractivity contribution in [2.24, 2.45) is 5.10 Å². The summed E-state index contributed by atoms with van der Waals surface area (Å²) in [5, 5.41) is 7.39. The van der Waals surface area contributed by atoms with Gasteiger partial charge in [-0.05, 0) is 46.2 Å². The highest BCUT2D eigenvalue weighted by Gasteiger charge is 2.08.